The molecule has 0 radical (unpaired) electrons. The number of rotatable bonds is 1. The van der Waals surface area contributed by atoms with E-state index >= 15 is 0 Å². The van der Waals surface area contributed by atoms with Crippen LogP contribution in [0.1, 0.15) is 0 Å². The zero-order valence-electron chi connectivity index (χ0n) is 4.29. The van der Waals surface area contributed by atoms with E-state index in [9.17, 15) is 14.4 Å². The number of hydrogen-bond donors (Lipinski definition) is 1. The lowest BCUT2D eigenvalue weighted by Gasteiger charge is -1.87. The van der Waals surface area contributed by atoms with Crippen molar-refractivity contribution in [2.45, 2.75) is 6.04 Å². The summed E-state index contributed by atoms with van der Waals surface area (Å²) >= 11 is 0. The van der Waals surface area contributed by atoms with Crippen molar-refractivity contribution in [3.63, 3.8) is 0 Å². The Kier molecular flexibility index (Phi) is 1.18. The van der Waals surface area contributed by atoms with Gasteiger partial charge >= 0.3 is 12.1 Å². The zero-order chi connectivity index (χ0) is 6.85. The number of aldehydes is 1. The van der Waals surface area contributed by atoms with Gasteiger partial charge in [-0.25, -0.2) is 9.59 Å². The van der Waals surface area contributed by atoms with Crippen molar-refractivity contribution in [3.05, 3.63) is 0 Å². The monoisotopic (exact) mass is 129 g/mol. The lowest BCUT2D eigenvalue weighted by atomic mass is 10.4. The van der Waals surface area contributed by atoms with E-state index in [4.69, 9.17) is 0 Å². The maximum atomic E-state index is 10.3. The zero-order valence-corrected chi connectivity index (χ0v) is 4.29. The van der Waals surface area contributed by atoms with Crippen LogP contribution in [0.5, 0.6) is 0 Å². The summed E-state index contributed by atoms with van der Waals surface area (Å²) < 4.78 is 3.94. The van der Waals surface area contributed by atoms with E-state index in [1.807, 2.05) is 5.32 Å². The van der Waals surface area contributed by atoms with E-state index in [1.54, 1.807) is 0 Å². The molecule has 5 heteroatoms. The number of nitrogens with one attached hydrogen (secondary N) is 1. The molecule has 1 aliphatic rings. The molecule has 0 saturated carbocycles. The summed E-state index contributed by atoms with van der Waals surface area (Å²) in [4.78, 5) is 30.2. The highest BCUT2D eigenvalue weighted by molar-refractivity contribution is 6.04. The fraction of sp³-hybridized carbons (Fsp3) is 0.250. The summed E-state index contributed by atoms with van der Waals surface area (Å²) in [5.74, 6) is -0.838. The Hall–Kier alpha value is -1.39. The summed E-state index contributed by atoms with van der Waals surface area (Å²) in [6.45, 7) is 0. The van der Waals surface area contributed by atoms with Crippen LogP contribution in [0.15, 0.2) is 0 Å². The van der Waals surface area contributed by atoms with Crippen LogP contribution in [-0.2, 0) is 14.3 Å². The summed E-state index contributed by atoms with van der Waals surface area (Å²) in [5, 5.41) is 1.97. The molecular formula is C4H3NO4. The number of carbonyl (C=O) groups excluding carboxylic acids is 3. The third-order valence-corrected chi connectivity index (χ3v) is 0.857. The number of alkyl carbamates (subject to hydrolysis) is 1. The lowest BCUT2D eigenvalue weighted by Crippen LogP contribution is -2.29. The van der Waals surface area contributed by atoms with Crippen molar-refractivity contribution in [2.75, 3.05) is 0 Å². The first-order valence-corrected chi connectivity index (χ1v) is 2.21. The van der Waals surface area contributed by atoms with Gasteiger partial charge in [0.05, 0.1) is 0 Å². The van der Waals surface area contributed by atoms with E-state index in [1.165, 1.54) is 0 Å². The highest BCUT2D eigenvalue weighted by Gasteiger charge is 2.31. The quantitative estimate of drug-likeness (QED) is 0.275. The Morgan fingerprint density at radius 2 is 2.22 bits per heavy atom. The summed E-state index contributed by atoms with van der Waals surface area (Å²) in [7, 11) is 0. The molecule has 1 aliphatic heterocycles. The predicted octanol–water partition coefficient (Wildman–Crippen LogP) is -1.18. The number of amides is 1. The fourth-order valence-corrected chi connectivity index (χ4v) is 0.460. The first-order chi connectivity index (χ1) is 4.24. The molecular weight excluding hydrogens is 126 g/mol. The molecule has 1 amide bonds. The minimum absolute atomic E-state index is 0.313. The summed E-state index contributed by atoms with van der Waals surface area (Å²) in [6.07, 6.45) is -0.551. The Labute approximate surface area is 50.0 Å². The third-order valence-electron chi connectivity index (χ3n) is 0.857. The topological polar surface area (TPSA) is 72.5 Å². The molecule has 0 aromatic rings. The van der Waals surface area contributed by atoms with Gasteiger partial charge in [0.25, 0.3) is 0 Å². The van der Waals surface area contributed by atoms with Crippen LogP contribution >= 0.6 is 0 Å². The Balaban J connectivity index is 2.68. The van der Waals surface area contributed by atoms with E-state index in [2.05, 4.69) is 4.74 Å². The SMILES string of the molecule is O=CC1NC(=O)OC1=O. The maximum absolute atomic E-state index is 10.3. The largest absolute Gasteiger partial charge is 0.416 e. The molecule has 1 saturated heterocycles. The molecule has 0 aromatic carbocycles. The van der Waals surface area contributed by atoms with Gasteiger partial charge in [0, 0.05) is 0 Å². The molecule has 1 N–H and O–H groups in total. The number of hydrogen-bond acceptors (Lipinski definition) is 4. The molecule has 0 aliphatic carbocycles. The van der Waals surface area contributed by atoms with E-state index < -0.39 is 18.1 Å². The first kappa shape index (κ1) is 5.74. The summed E-state index contributed by atoms with van der Waals surface area (Å²) in [5.41, 5.74) is 0. The molecule has 1 atom stereocenters. The van der Waals surface area contributed by atoms with Gasteiger partial charge in [-0.3, -0.25) is 0 Å². The van der Waals surface area contributed by atoms with Crippen molar-refractivity contribution in [3.8, 4) is 0 Å². The number of esters is 1. The molecule has 0 aromatic heterocycles. The average Bonchev–Trinajstić information content (AvgIpc) is 2.10. The number of carbonyl (C=O) groups is 3. The van der Waals surface area contributed by atoms with Crippen molar-refractivity contribution in [1.82, 2.24) is 5.32 Å². The second kappa shape index (κ2) is 1.85. The van der Waals surface area contributed by atoms with Gasteiger partial charge < -0.3 is 14.8 Å². The van der Waals surface area contributed by atoms with Crippen LogP contribution in [0.3, 0.4) is 0 Å². The second-order valence-electron chi connectivity index (χ2n) is 1.47. The number of ether oxygens (including phenoxy) is 1. The smallest absolute Gasteiger partial charge is 0.374 e. The van der Waals surface area contributed by atoms with Crippen LogP contribution in [-0.4, -0.2) is 24.4 Å². The van der Waals surface area contributed by atoms with Gasteiger partial charge in [-0.2, -0.15) is 0 Å². The minimum atomic E-state index is -1.10. The van der Waals surface area contributed by atoms with Crippen LogP contribution < -0.4 is 5.32 Å². The Bertz CT molecular complexity index is 175. The van der Waals surface area contributed by atoms with E-state index in [0.717, 1.165) is 0 Å². The summed E-state index contributed by atoms with van der Waals surface area (Å²) in [6, 6.07) is -1.10. The van der Waals surface area contributed by atoms with Crippen LogP contribution in [0, 0.1) is 0 Å². The van der Waals surface area contributed by atoms with Crippen molar-refractivity contribution in [1.29, 1.82) is 0 Å². The van der Waals surface area contributed by atoms with Gasteiger partial charge in [0.15, 0.2) is 12.3 Å². The highest BCUT2D eigenvalue weighted by atomic mass is 16.6. The Morgan fingerprint density at radius 3 is 2.44 bits per heavy atom. The molecule has 0 spiro atoms. The van der Waals surface area contributed by atoms with Crippen LogP contribution in [0.4, 0.5) is 4.79 Å². The average molecular weight is 129 g/mol. The van der Waals surface area contributed by atoms with E-state index in [0.29, 0.717) is 6.29 Å². The van der Waals surface area contributed by atoms with E-state index in [-0.39, 0.29) is 0 Å². The minimum Gasteiger partial charge on any atom is -0.374 e. The molecule has 5 nitrogen and oxygen atoms in total. The van der Waals surface area contributed by atoms with Crippen LogP contribution in [0.25, 0.3) is 0 Å². The highest BCUT2D eigenvalue weighted by Crippen LogP contribution is 1.95. The van der Waals surface area contributed by atoms with Gasteiger partial charge in [-0.1, -0.05) is 0 Å². The van der Waals surface area contributed by atoms with Crippen LogP contribution in [0.2, 0.25) is 0 Å². The molecule has 1 unspecified atom stereocenters. The molecule has 0 bridgehead atoms. The predicted molar refractivity (Wildman–Crippen MR) is 24.5 cm³/mol. The van der Waals surface area contributed by atoms with Crippen molar-refractivity contribution in [2.24, 2.45) is 0 Å². The normalized spacial score (nSPS) is 25.1. The number of cyclic esters (lactones) is 2. The van der Waals surface area contributed by atoms with Gasteiger partial charge in [0.2, 0.25) is 0 Å². The fourth-order valence-electron chi connectivity index (χ4n) is 0.460. The molecule has 1 fully saturated rings. The Morgan fingerprint density at radius 1 is 1.56 bits per heavy atom. The third kappa shape index (κ3) is 0.883. The molecule has 48 valence electrons. The van der Waals surface area contributed by atoms with Gasteiger partial charge in [-0.15, -0.1) is 0 Å². The standard InChI is InChI=1S/C4H3NO4/c6-1-2-3(7)9-4(8)5-2/h1-2H,(H,5,8). The van der Waals surface area contributed by atoms with Crippen molar-refractivity contribution >= 4 is 18.3 Å². The van der Waals surface area contributed by atoms with Gasteiger partial charge in [-0.05, 0) is 0 Å². The van der Waals surface area contributed by atoms with Crippen molar-refractivity contribution < 1.29 is 19.1 Å². The van der Waals surface area contributed by atoms with Gasteiger partial charge in [0.1, 0.15) is 0 Å². The second-order valence-corrected chi connectivity index (χ2v) is 1.47. The maximum Gasteiger partial charge on any atom is 0.416 e. The molecule has 1 rings (SSSR count). The molecule has 1 heterocycles. The first-order valence-electron chi connectivity index (χ1n) is 2.21. The molecule has 9 heavy (non-hydrogen) atoms. The lowest BCUT2D eigenvalue weighted by molar-refractivity contribution is -0.136.